The van der Waals surface area contributed by atoms with Crippen molar-refractivity contribution in [1.82, 2.24) is 15.3 Å². The van der Waals surface area contributed by atoms with Crippen LogP contribution in [0.3, 0.4) is 0 Å². The minimum Gasteiger partial charge on any atom is -0.354 e. The molecule has 33 heavy (non-hydrogen) atoms. The molecule has 2 aromatic carbocycles. The Bertz CT molecular complexity index is 1170. The van der Waals surface area contributed by atoms with E-state index in [0.717, 1.165) is 5.56 Å². The molecule has 2 heterocycles. The molecule has 6 nitrogen and oxygen atoms in total. The number of hydrogen-bond donors (Lipinski definition) is 1. The summed E-state index contributed by atoms with van der Waals surface area (Å²) in [6, 6.07) is 26.9. The highest BCUT2D eigenvalue weighted by atomic mass is 16.2. The molecule has 0 saturated heterocycles. The van der Waals surface area contributed by atoms with Gasteiger partial charge >= 0.3 is 0 Å². The molecule has 4 aromatic rings. The van der Waals surface area contributed by atoms with E-state index < -0.39 is 6.04 Å². The Balaban J connectivity index is 1.68. The third-order valence-corrected chi connectivity index (χ3v) is 5.22. The van der Waals surface area contributed by atoms with Crippen molar-refractivity contribution in [1.29, 1.82) is 0 Å². The van der Waals surface area contributed by atoms with Crippen LogP contribution in [-0.2, 0) is 11.2 Å². The Labute approximate surface area is 192 Å². The standard InChI is InChI=1S/C27H24N4O2/c32-26(30-20-14-21-9-3-1-4-10-21)25(22-15-18-28-19-16-22)31(23-11-5-2-6-12-23)27(33)24-13-7-8-17-29-24/h1-13,15-19,25H,14,20H2,(H,30,32). The van der Waals surface area contributed by atoms with Crippen LogP contribution < -0.4 is 10.2 Å². The molecular formula is C27H24N4O2. The molecule has 0 spiro atoms. The number of pyridine rings is 2. The van der Waals surface area contributed by atoms with Crippen LogP contribution in [0.5, 0.6) is 0 Å². The maximum absolute atomic E-state index is 13.6. The smallest absolute Gasteiger partial charge is 0.277 e. The van der Waals surface area contributed by atoms with Gasteiger partial charge in [0.15, 0.2) is 0 Å². The van der Waals surface area contributed by atoms with Crippen molar-refractivity contribution < 1.29 is 9.59 Å². The van der Waals surface area contributed by atoms with E-state index in [4.69, 9.17) is 0 Å². The summed E-state index contributed by atoms with van der Waals surface area (Å²) in [5, 5.41) is 3.01. The van der Waals surface area contributed by atoms with Gasteiger partial charge in [0.05, 0.1) is 0 Å². The Morgan fingerprint density at radius 3 is 2.12 bits per heavy atom. The number of benzene rings is 2. The fourth-order valence-electron chi connectivity index (χ4n) is 3.62. The Hall–Kier alpha value is -4.32. The van der Waals surface area contributed by atoms with E-state index in [1.165, 1.54) is 4.90 Å². The summed E-state index contributed by atoms with van der Waals surface area (Å²) in [4.78, 5) is 37.0. The Morgan fingerprint density at radius 1 is 0.788 bits per heavy atom. The van der Waals surface area contributed by atoms with Crippen molar-refractivity contribution in [2.24, 2.45) is 0 Å². The Kier molecular flexibility index (Phi) is 7.18. The Morgan fingerprint density at radius 2 is 1.45 bits per heavy atom. The summed E-state index contributed by atoms with van der Waals surface area (Å²) in [5.74, 6) is -0.632. The van der Waals surface area contributed by atoms with Crippen LogP contribution in [0.1, 0.15) is 27.7 Å². The third-order valence-electron chi connectivity index (χ3n) is 5.22. The number of carbonyl (C=O) groups is 2. The van der Waals surface area contributed by atoms with Gasteiger partial charge in [-0.15, -0.1) is 0 Å². The molecule has 0 fully saturated rings. The lowest BCUT2D eigenvalue weighted by molar-refractivity contribution is -0.122. The number of amides is 2. The largest absolute Gasteiger partial charge is 0.354 e. The van der Waals surface area contributed by atoms with Crippen LogP contribution >= 0.6 is 0 Å². The van der Waals surface area contributed by atoms with E-state index in [9.17, 15) is 9.59 Å². The summed E-state index contributed by atoms with van der Waals surface area (Å²) < 4.78 is 0. The molecule has 0 bridgehead atoms. The van der Waals surface area contributed by atoms with Gasteiger partial charge in [0.1, 0.15) is 11.7 Å². The number of aromatic nitrogens is 2. The average Bonchev–Trinajstić information content (AvgIpc) is 2.89. The van der Waals surface area contributed by atoms with Gasteiger partial charge < -0.3 is 5.32 Å². The summed E-state index contributed by atoms with van der Waals surface area (Å²) >= 11 is 0. The first-order chi connectivity index (χ1) is 16.2. The molecule has 4 rings (SSSR count). The third kappa shape index (κ3) is 5.49. The zero-order valence-electron chi connectivity index (χ0n) is 18.0. The predicted molar refractivity (Wildman–Crippen MR) is 128 cm³/mol. The van der Waals surface area contributed by atoms with Crippen molar-refractivity contribution >= 4 is 17.5 Å². The SMILES string of the molecule is O=C(NCCc1ccccc1)C(c1ccncc1)N(C(=O)c1ccccn1)c1ccccc1. The second-order valence-corrected chi connectivity index (χ2v) is 7.44. The highest BCUT2D eigenvalue weighted by Gasteiger charge is 2.33. The summed E-state index contributed by atoms with van der Waals surface area (Å²) in [5.41, 5.74) is 2.66. The van der Waals surface area contributed by atoms with Crippen LogP contribution in [0, 0.1) is 0 Å². The second kappa shape index (κ2) is 10.8. The number of rotatable bonds is 8. The monoisotopic (exact) mass is 436 g/mol. The first-order valence-electron chi connectivity index (χ1n) is 10.8. The highest BCUT2D eigenvalue weighted by molar-refractivity contribution is 6.09. The van der Waals surface area contributed by atoms with Gasteiger partial charge in [0, 0.05) is 30.8 Å². The van der Waals surface area contributed by atoms with E-state index in [1.807, 2.05) is 60.7 Å². The molecule has 1 atom stereocenters. The van der Waals surface area contributed by atoms with Crippen molar-refractivity contribution in [2.45, 2.75) is 12.5 Å². The number of anilines is 1. The normalized spacial score (nSPS) is 11.4. The van der Waals surface area contributed by atoms with Gasteiger partial charge in [-0.2, -0.15) is 0 Å². The fraction of sp³-hybridized carbons (Fsp3) is 0.111. The van der Waals surface area contributed by atoms with E-state index in [-0.39, 0.29) is 17.5 Å². The number of hydrogen-bond acceptors (Lipinski definition) is 4. The molecule has 164 valence electrons. The molecule has 6 heteroatoms. The molecule has 2 aromatic heterocycles. The topological polar surface area (TPSA) is 75.2 Å². The van der Waals surface area contributed by atoms with E-state index in [1.54, 1.807) is 48.9 Å². The van der Waals surface area contributed by atoms with Gasteiger partial charge in [0.2, 0.25) is 5.91 Å². The molecule has 2 amide bonds. The maximum Gasteiger partial charge on any atom is 0.277 e. The van der Waals surface area contributed by atoms with Crippen LogP contribution in [0.4, 0.5) is 5.69 Å². The van der Waals surface area contributed by atoms with Gasteiger partial charge in [-0.05, 0) is 53.9 Å². The van der Waals surface area contributed by atoms with Crippen molar-refractivity contribution in [3.8, 4) is 0 Å². The summed E-state index contributed by atoms with van der Waals surface area (Å²) in [6.45, 7) is 0.449. The van der Waals surface area contributed by atoms with Crippen molar-refractivity contribution in [3.63, 3.8) is 0 Å². The quantitative estimate of drug-likeness (QED) is 0.449. The van der Waals surface area contributed by atoms with Crippen molar-refractivity contribution in [2.75, 3.05) is 11.4 Å². The molecule has 0 radical (unpaired) electrons. The maximum atomic E-state index is 13.6. The number of nitrogens with one attached hydrogen (secondary N) is 1. The minimum atomic E-state index is -0.888. The minimum absolute atomic E-state index is 0.262. The lowest BCUT2D eigenvalue weighted by Crippen LogP contribution is -2.44. The van der Waals surface area contributed by atoms with Gasteiger partial charge in [-0.25, -0.2) is 0 Å². The first-order valence-corrected chi connectivity index (χ1v) is 10.8. The van der Waals surface area contributed by atoms with Crippen LogP contribution in [0.15, 0.2) is 110 Å². The number of nitrogens with zero attached hydrogens (tertiary/aromatic N) is 3. The van der Waals surface area contributed by atoms with Crippen molar-refractivity contribution in [3.05, 3.63) is 126 Å². The van der Waals surface area contributed by atoms with Gasteiger partial charge in [0.25, 0.3) is 5.91 Å². The lowest BCUT2D eigenvalue weighted by Gasteiger charge is -2.31. The molecule has 0 saturated carbocycles. The zero-order chi connectivity index (χ0) is 22.9. The second-order valence-electron chi connectivity index (χ2n) is 7.44. The molecule has 0 aliphatic heterocycles. The van der Waals surface area contributed by atoms with Gasteiger partial charge in [-0.1, -0.05) is 54.6 Å². The molecular weight excluding hydrogens is 412 g/mol. The zero-order valence-corrected chi connectivity index (χ0v) is 18.0. The highest BCUT2D eigenvalue weighted by Crippen LogP contribution is 2.29. The molecule has 1 N–H and O–H groups in total. The summed E-state index contributed by atoms with van der Waals surface area (Å²) in [6.07, 6.45) is 5.49. The van der Waals surface area contributed by atoms with E-state index in [2.05, 4.69) is 15.3 Å². The van der Waals surface area contributed by atoms with Crippen LogP contribution in [0.2, 0.25) is 0 Å². The predicted octanol–water partition coefficient (Wildman–Crippen LogP) is 4.22. The van der Waals surface area contributed by atoms with Crippen LogP contribution in [0.25, 0.3) is 0 Å². The average molecular weight is 437 g/mol. The fourth-order valence-corrected chi connectivity index (χ4v) is 3.62. The van der Waals surface area contributed by atoms with Crippen LogP contribution in [-0.4, -0.2) is 28.3 Å². The van der Waals surface area contributed by atoms with E-state index in [0.29, 0.717) is 24.2 Å². The molecule has 0 aliphatic rings. The first kappa shape index (κ1) is 21.9. The molecule has 1 unspecified atom stereocenters. The summed E-state index contributed by atoms with van der Waals surface area (Å²) in [7, 11) is 0. The molecule has 0 aliphatic carbocycles. The lowest BCUT2D eigenvalue weighted by atomic mass is 10.0. The number of para-hydroxylation sites is 1. The van der Waals surface area contributed by atoms with Gasteiger partial charge in [-0.3, -0.25) is 24.5 Å². The number of carbonyl (C=O) groups excluding carboxylic acids is 2. The van der Waals surface area contributed by atoms with E-state index >= 15 is 0 Å².